The maximum Gasteiger partial charge on any atom is 0.470 e. The summed E-state index contributed by atoms with van der Waals surface area (Å²) in [4.78, 5) is 0. The summed E-state index contributed by atoms with van der Waals surface area (Å²) in [5.41, 5.74) is 0. The molecular weight excluding hydrogens is 176 g/mol. The van der Waals surface area contributed by atoms with Gasteiger partial charge in [0.25, 0.3) is 0 Å². The van der Waals surface area contributed by atoms with Crippen molar-refractivity contribution in [1.82, 2.24) is 0 Å². The molecule has 3 aliphatic heterocycles. The Labute approximate surface area is 67.8 Å². The van der Waals surface area contributed by atoms with Crippen molar-refractivity contribution in [2.45, 2.75) is 18.1 Å². The Morgan fingerprint density at radius 1 is 0.727 bits per heavy atom. The summed E-state index contributed by atoms with van der Waals surface area (Å²) >= 11 is 0. The van der Waals surface area contributed by atoms with Crippen LogP contribution in [0.3, 0.4) is 0 Å². The highest BCUT2D eigenvalue weighted by molar-refractivity contribution is 7.37. The van der Waals surface area contributed by atoms with Gasteiger partial charge in [0.15, 0.2) is 7.59 Å². The summed E-state index contributed by atoms with van der Waals surface area (Å²) in [5.74, 6) is 0. The third kappa shape index (κ3) is 0.642. The molecule has 3 aliphatic rings. The van der Waals surface area contributed by atoms with Crippen LogP contribution in [0.15, 0.2) is 0 Å². The molecule has 0 spiro atoms. The van der Waals surface area contributed by atoms with E-state index in [1.54, 1.807) is 0 Å². The van der Waals surface area contributed by atoms with Gasteiger partial charge in [-0.1, -0.05) is 0 Å². The van der Waals surface area contributed by atoms with E-state index in [4.69, 9.17) is 13.3 Å². The molecule has 3 fully saturated rings. The maximum atomic E-state index is 5.74. The Balaban J connectivity index is 2.06. The fourth-order valence-electron chi connectivity index (χ4n) is 2.56. The summed E-state index contributed by atoms with van der Waals surface area (Å²) in [6.45, 7) is 2.79. The lowest BCUT2D eigenvalue weighted by Gasteiger charge is -2.21. The summed E-state index contributed by atoms with van der Waals surface area (Å²) in [5, 5.41) is 0. The second-order valence-corrected chi connectivity index (χ2v) is 14.7. The molecule has 0 aliphatic carbocycles. The Bertz CT molecular complexity index is 149. The zero-order valence-electron chi connectivity index (χ0n) is 6.47. The van der Waals surface area contributed by atoms with Crippen LogP contribution in [-0.2, 0) is 13.3 Å². The van der Waals surface area contributed by atoms with Gasteiger partial charge in [0.2, 0.25) is 0 Å². The molecule has 11 heavy (non-hydrogen) atoms. The molecule has 62 valence electrons. The van der Waals surface area contributed by atoms with Crippen LogP contribution in [0.5, 0.6) is 0 Å². The van der Waals surface area contributed by atoms with E-state index in [1.807, 2.05) is 0 Å². The van der Waals surface area contributed by atoms with Gasteiger partial charge >= 0.3 is 8.32 Å². The lowest BCUT2D eigenvalue weighted by atomic mass is 10.8. The fraction of sp³-hybridized carbons (Fsp3) is 1.00. The van der Waals surface area contributed by atoms with Gasteiger partial charge in [-0.25, -0.2) is 0 Å². The predicted molar refractivity (Wildman–Crippen MR) is 43.8 cm³/mol. The smallest absolute Gasteiger partial charge is 0.377 e. The van der Waals surface area contributed by atoms with Gasteiger partial charge in [-0.3, -0.25) is 0 Å². The largest absolute Gasteiger partial charge is 0.470 e. The number of rotatable bonds is 0. The first kappa shape index (κ1) is 6.79. The van der Waals surface area contributed by atoms with Crippen LogP contribution >= 0.6 is 0 Å². The SMILES string of the molecule is C1C[Si]23CCO[Si]2(O1)OCC3. The molecule has 3 nitrogen and oxygen atoms in total. The van der Waals surface area contributed by atoms with E-state index >= 15 is 0 Å². The maximum absolute atomic E-state index is 5.74. The summed E-state index contributed by atoms with van der Waals surface area (Å²) in [6.07, 6.45) is 0. The highest BCUT2D eigenvalue weighted by Gasteiger charge is 2.71. The lowest BCUT2D eigenvalue weighted by Crippen LogP contribution is -2.54. The molecule has 3 heterocycles. The van der Waals surface area contributed by atoms with Crippen LogP contribution in [0.1, 0.15) is 0 Å². The van der Waals surface area contributed by atoms with Gasteiger partial charge in [-0.2, -0.15) is 0 Å². The van der Waals surface area contributed by atoms with Crippen molar-refractivity contribution in [3.8, 4) is 0 Å². The topological polar surface area (TPSA) is 27.7 Å². The van der Waals surface area contributed by atoms with Crippen LogP contribution in [0.25, 0.3) is 0 Å². The minimum atomic E-state index is -1.95. The van der Waals surface area contributed by atoms with Crippen molar-refractivity contribution in [3.05, 3.63) is 0 Å². The average molecular weight is 188 g/mol. The molecule has 0 aromatic heterocycles. The van der Waals surface area contributed by atoms with Gasteiger partial charge in [-0.15, -0.1) is 0 Å². The highest BCUT2D eigenvalue weighted by atomic mass is 29.3. The molecule has 3 saturated heterocycles. The summed E-state index contributed by atoms with van der Waals surface area (Å²) in [6, 6.07) is 3.96. The first-order valence-corrected chi connectivity index (χ1v) is 9.64. The van der Waals surface area contributed by atoms with Crippen molar-refractivity contribution < 1.29 is 13.3 Å². The van der Waals surface area contributed by atoms with E-state index < -0.39 is 15.9 Å². The van der Waals surface area contributed by atoms with E-state index in [1.165, 1.54) is 18.1 Å². The van der Waals surface area contributed by atoms with Gasteiger partial charge < -0.3 is 13.3 Å². The number of hydrogen-bond acceptors (Lipinski definition) is 3. The number of hydrogen-bond donors (Lipinski definition) is 0. The fourth-order valence-corrected chi connectivity index (χ4v) is 15.9. The molecule has 0 atom stereocenters. The molecule has 3 rings (SSSR count). The molecule has 0 aromatic carbocycles. The molecule has 0 amide bonds. The highest BCUT2D eigenvalue weighted by Crippen LogP contribution is 2.47. The summed E-state index contributed by atoms with van der Waals surface area (Å²) in [7, 11) is -3.06. The van der Waals surface area contributed by atoms with Gasteiger partial charge in [0.05, 0.1) is 0 Å². The second-order valence-electron chi connectivity index (χ2n) is 3.63. The minimum Gasteiger partial charge on any atom is -0.377 e. The Morgan fingerprint density at radius 2 is 1.18 bits per heavy atom. The predicted octanol–water partition coefficient (Wildman–Crippen LogP) is 0.543. The first-order chi connectivity index (χ1) is 5.37. The molecule has 0 aromatic rings. The standard InChI is InChI=1S/C6H12O3Si2/c1-4-10-5-2-8-11(10,7-1)9-3-6-10/h1-6H2. The third-order valence-electron chi connectivity index (χ3n) is 3.27. The van der Waals surface area contributed by atoms with Gasteiger partial charge in [-0.05, 0) is 18.1 Å². The molecule has 5 heteroatoms. The van der Waals surface area contributed by atoms with Crippen LogP contribution < -0.4 is 0 Å². The average Bonchev–Trinajstić information content (AvgIpc) is 2.40. The zero-order chi connectivity index (χ0) is 7.36. The van der Waals surface area contributed by atoms with Crippen molar-refractivity contribution in [1.29, 1.82) is 0 Å². The second kappa shape index (κ2) is 1.97. The van der Waals surface area contributed by atoms with E-state index in [0.717, 1.165) is 19.8 Å². The van der Waals surface area contributed by atoms with Crippen molar-refractivity contribution in [3.63, 3.8) is 0 Å². The van der Waals surface area contributed by atoms with Crippen molar-refractivity contribution in [2.75, 3.05) is 19.8 Å². The quantitative estimate of drug-likeness (QED) is 0.519. The third-order valence-corrected chi connectivity index (χ3v) is 17.2. The first-order valence-electron chi connectivity index (χ1n) is 4.29. The molecule has 0 unspecified atom stereocenters. The summed E-state index contributed by atoms with van der Waals surface area (Å²) < 4.78 is 17.2. The van der Waals surface area contributed by atoms with Crippen LogP contribution in [-0.4, -0.2) is 35.7 Å². The van der Waals surface area contributed by atoms with E-state index in [2.05, 4.69) is 0 Å². The monoisotopic (exact) mass is 188 g/mol. The van der Waals surface area contributed by atoms with Crippen LogP contribution in [0, 0.1) is 0 Å². The Hall–Kier alpha value is 0.314. The zero-order valence-corrected chi connectivity index (χ0v) is 8.47. The molecule has 0 N–H and O–H groups in total. The normalized spacial score (nSPS) is 54.5. The Morgan fingerprint density at radius 3 is 1.55 bits per heavy atom. The van der Waals surface area contributed by atoms with E-state index in [0.29, 0.717) is 0 Å². The van der Waals surface area contributed by atoms with Crippen molar-refractivity contribution >= 4 is 15.9 Å². The molecule has 0 radical (unpaired) electrons. The lowest BCUT2D eigenvalue weighted by molar-refractivity contribution is 0.111. The molecule has 0 saturated carbocycles. The Kier molecular flexibility index (Phi) is 1.22. The van der Waals surface area contributed by atoms with Crippen molar-refractivity contribution in [2.24, 2.45) is 0 Å². The van der Waals surface area contributed by atoms with Gasteiger partial charge in [0, 0.05) is 19.8 Å². The van der Waals surface area contributed by atoms with Crippen LogP contribution in [0.4, 0.5) is 0 Å². The minimum absolute atomic E-state index is 0.929. The van der Waals surface area contributed by atoms with E-state index in [9.17, 15) is 0 Å². The molecular formula is C6H12O3Si2. The van der Waals surface area contributed by atoms with Crippen LogP contribution in [0.2, 0.25) is 18.1 Å². The van der Waals surface area contributed by atoms with E-state index in [-0.39, 0.29) is 0 Å². The molecule has 0 bridgehead atoms. The van der Waals surface area contributed by atoms with Gasteiger partial charge in [0.1, 0.15) is 0 Å².